The molecule has 1 aliphatic heterocycles. The highest BCUT2D eigenvalue weighted by molar-refractivity contribution is 6.09. The lowest BCUT2D eigenvalue weighted by atomic mass is 9.87. The summed E-state index contributed by atoms with van der Waals surface area (Å²) in [6.45, 7) is 2.07. The van der Waals surface area contributed by atoms with Crippen LogP contribution in [-0.4, -0.2) is 41.9 Å². The van der Waals surface area contributed by atoms with Gasteiger partial charge in [-0.25, -0.2) is 9.18 Å². The van der Waals surface area contributed by atoms with Gasteiger partial charge in [-0.05, 0) is 36.6 Å². The van der Waals surface area contributed by atoms with Crippen molar-refractivity contribution in [1.29, 1.82) is 0 Å². The average Bonchev–Trinajstić information content (AvgIpc) is 3.00. The highest BCUT2D eigenvalue weighted by atomic mass is 19.1. The van der Waals surface area contributed by atoms with Crippen LogP contribution >= 0.6 is 0 Å². The van der Waals surface area contributed by atoms with E-state index in [0.717, 1.165) is 11.0 Å². The van der Waals surface area contributed by atoms with Gasteiger partial charge in [0.15, 0.2) is 6.61 Å². The third-order valence-corrected chi connectivity index (χ3v) is 5.08. The molecule has 2 aromatic carbocycles. The van der Waals surface area contributed by atoms with Crippen LogP contribution in [-0.2, 0) is 24.7 Å². The Hall–Kier alpha value is -3.75. The number of urea groups is 1. The number of rotatable bonds is 7. The Balaban J connectivity index is 1.58. The van der Waals surface area contributed by atoms with E-state index >= 15 is 0 Å². The quantitative estimate of drug-likeness (QED) is 0.522. The summed E-state index contributed by atoms with van der Waals surface area (Å²) in [5.74, 6) is -2.65. The Morgan fingerprint density at radius 3 is 2.52 bits per heavy atom. The van der Waals surface area contributed by atoms with Crippen LogP contribution in [0.25, 0.3) is 0 Å². The molecular formula is C22H22FN3O5. The number of nitrogens with one attached hydrogen (secondary N) is 2. The monoisotopic (exact) mass is 427 g/mol. The molecule has 0 radical (unpaired) electrons. The van der Waals surface area contributed by atoms with E-state index in [1.54, 1.807) is 44.2 Å². The number of aryl methyl sites for hydroxylation is 1. The first-order valence-corrected chi connectivity index (χ1v) is 9.68. The highest BCUT2D eigenvalue weighted by Crippen LogP contribution is 2.32. The Labute approximate surface area is 178 Å². The third kappa shape index (κ3) is 4.55. The van der Waals surface area contributed by atoms with Crippen molar-refractivity contribution >= 4 is 29.5 Å². The number of amides is 4. The molecule has 9 heteroatoms. The molecule has 1 saturated heterocycles. The summed E-state index contributed by atoms with van der Waals surface area (Å²) in [6, 6.07) is 12.2. The summed E-state index contributed by atoms with van der Waals surface area (Å²) in [6.07, 6.45) is 0.294. The number of anilines is 1. The van der Waals surface area contributed by atoms with Crippen molar-refractivity contribution in [3.63, 3.8) is 0 Å². The second kappa shape index (κ2) is 8.95. The minimum absolute atomic E-state index is 0.217. The van der Waals surface area contributed by atoms with Crippen LogP contribution in [0.1, 0.15) is 24.5 Å². The molecule has 0 saturated carbocycles. The van der Waals surface area contributed by atoms with Gasteiger partial charge in [-0.1, -0.05) is 43.3 Å². The van der Waals surface area contributed by atoms with Crippen LogP contribution in [0, 0.1) is 12.7 Å². The number of carbonyl (C=O) groups excluding carboxylic acids is 4. The van der Waals surface area contributed by atoms with Gasteiger partial charge >= 0.3 is 12.0 Å². The minimum Gasteiger partial charge on any atom is -0.454 e. The molecule has 0 aliphatic carbocycles. The molecule has 0 aromatic heterocycles. The Kier molecular flexibility index (Phi) is 6.33. The number of benzene rings is 2. The number of ether oxygens (including phenoxy) is 1. The van der Waals surface area contributed by atoms with E-state index in [1.807, 2.05) is 0 Å². The lowest BCUT2D eigenvalue weighted by Gasteiger charge is -2.25. The number of halogens is 1. The summed E-state index contributed by atoms with van der Waals surface area (Å²) in [4.78, 5) is 50.2. The zero-order chi connectivity index (χ0) is 22.6. The number of hydrogen-bond donors (Lipinski definition) is 2. The predicted molar refractivity (Wildman–Crippen MR) is 109 cm³/mol. The van der Waals surface area contributed by atoms with Crippen LogP contribution in [0.4, 0.5) is 14.9 Å². The summed E-state index contributed by atoms with van der Waals surface area (Å²) in [7, 11) is 0. The average molecular weight is 427 g/mol. The summed E-state index contributed by atoms with van der Waals surface area (Å²) in [5, 5.41) is 5.07. The van der Waals surface area contributed by atoms with Gasteiger partial charge < -0.3 is 15.4 Å². The fourth-order valence-corrected chi connectivity index (χ4v) is 3.32. The molecule has 2 N–H and O–H groups in total. The summed E-state index contributed by atoms with van der Waals surface area (Å²) in [5.41, 5.74) is -0.00666. The Morgan fingerprint density at radius 1 is 1.16 bits per heavy atom. The van der Waals surface area contributed by atoms with Crippen LogP contribution in [0.15, 0.2) is 48.5 Å². The zero-order valence-electron chi connectivity index (χ0n) is 17.1. The SMILES string of the molecule is CCC1(c2ccccc2)NC(=O)N(CC(=O)OCC(=O)Nc2ccc(C)c(F)c2)C1=O. The van der Waals surface area contributed by atoms with E-state index in [9.17, 15) is 23.6 Å². The molecule has 8 nitrogen and oxygen atoms in total. The Morgan fingerprint density at radius 2 is 1.87 bits per heavy atom. The van der Waals surface area contributed by atoms with E-state index < -0.39 is 48.3 Å². The largest absolute Gasteiger partial charge is 0.454 e. The maximum absolute atomic E-state index is 13.5. The molecule has 0 bridgehead atoms. The molecule has 0 spiro atoms. The fraction of sp³-hybridized carbons (Fsp3) is 0.273. The number of esters is 1. The molecule has 162 valence electrons. The van der Waals surface area contributed by atoms with E-state index in [0.29, 0.717) is 17.5 Å². The van der Waals surface area contributed by atoms with E-state index in [1.165, 1.54) is 12.1 Å². The van der Waals surface area contributed by atoms with Gasteiger partial charge in [0, 0.05) is 5.69 Å². The molecule has 31 heavy (non-hydrogen) atoms. The lowest BCUT2D eigenvalue weighted by Crippen LogP contribution is -2.44. The topological polar surface area (TPSA) is 105 Å². The molecule has 1 atom stereocenters. The van der Waals surface area contributed by atoms with Crippen molar-refractivity contribution in [2.45, 2.75) is 25.8 Å². The first-order chi connectivity index (χ1) is 14.8. The normalized spacial score (nSPS) is 18.0. The number of nitrogens with zero attached hydrogens (tertiary/aromatic N) is 1. The van der Waals surface area contributed by atoms with Gasteiger partial charge in [0.25, 0.3) is 11.8 Å². The molecule has 1 heterocycles. The molecular weight excluding hydrogens is 405 g/mol. The summed E-state index contributed by atoms with van der Waals surface area (Å²) >= 11 is 0. The van der Waals surface area contributed by atoms with Crippen molar-refractivity contribution in [2.24, 2.45) is 0 Å². The van der Waals surface area contributed by atoms with Gasteiger partial charge in [-0.3, -0.25) is 19.3 Å². The molecule has 1 fully saturated rings. The second-order valence-corrected chi connectivity index (χ2v) is 7.12. The molecule has 4 amide bonds. The smallest absolute Gasteiger partial charge is 0.326 e. The predicted octanol–water partition coefficient (Wildman–Crippen LogP) is 2.47. The van der Waals surface area contributed by atoms with Gasteiger partial charge in [-0.15, -0.1) is 0 Å². The van der Waals surface area contributed by atoms with Gasteiger partial charge in [0.2, 0.25) is 0 Å². The first kappa shape index (κ1) is 21.9. The van der Waals surface area contributed by atoms with Gasteiger partial charge in [0.1, 0.15) is 17.9 Å². The highest BCUT2D eigenvalue weighted by Gasteiger charge is 2.51. The standard InChI is InChI=1S/C22H22FN3O5/c1-3-22(15-7-5-4-6-8-15)20(29)26(21(30)25-22)12-19(28)31-13-18(27)24-16-10-9-14(2)17(23)11-16/h4-11H,3,12-13H2,1-2H3,(H,24,27)(H,25,30). The number of imide groups is 1. The third-order valence-electron chi connectivity index (χ3n) is 5.08. The van der Waals surface area contributed by atoms with E-state index in [4.69, 9.17) is 4.74 Å². The second-order valence-electron chi connectivity index (χ2n) is 7.12. The van der Waals surface area contributed by atoms with Gasteiger partial charge in [0.05, 0.1) is 0 Å². The van der Waals surface area contributed by atoms with Crippen molar-refractivity contribution in [3.8, 4) is 0 Å². The van der Waals surface area contributed by atoms with Crippen LogP contribution in [0.5, 0.6) is 0 Å². The zero-order valence-corrected chi connectivity index (χ0v) is 17.1. The van der Waals surface area contributed by atoms with E-state index in [2.05, 4.69) is 10.6 Å². The van der Waals surface area contributed by atoms with Crippen molar-refractivity contribution in [3.05, 3.63) is 65.5 Å². The molecule has 1 aliphatic rings. The maximum atomic E-state index is 13.5. The van der Waals surface area contributed by atoms with Crippen molar-refractivity contribution < 1.29 is 28.3 Å². The van der Waals surface area contributed by atoms with Crippen molar-refractivity contribution in [2.75, 3.05) is 18.5 Å². The summed E-state index contributed by atoms with van der Waals surface area (Å²) < 4.78 is 18.4. The first-order valence-electron chi connectivity index (χ1n) is 9.68. The lowest BCUT2D eigenvalue weighted by molar-refractivity contribution is -0.150. The molecule has 3 rings (SSSR count). The van der Waals surface area contributed by atoms with Crippen LogP contribution in [0.2, 0.25) is 0 Å². The number of carbonyl (C=O) groups is 4. The van der Waals surface area contributed by atoms with E-state index in [-0.39, 0.29) is 5.69 Å². The Bertz CT molecular complexity index is 1030. The van der Waals surface area contributed by atoms with Crippen molar-refractivity contribution in [1.82, 2.24) is 10.2 Å². The fourth-order valence-electron chi connectivity index (χ4n) is 3.32. The van der Waals surface area contributed by atoms with Gasteiger partial charge in [-0.2, -0.15) is 0 Å². The molecule has 1 unspecified atom stereocenters. The minimum atomic E-state index is -1.26. The number of hydrogen-bond acceptors (Lipinski definition) is 5. The maximum Gasteiger partial charge on any atom is 0.326 e. The van der Waals surface area contributed by atoms with Crippen LogP contribution in [0.3, 0.4) is 0 Å². The molecule has 2 aromatic rings. The van der Waals surface area contributed by atoms with Crippen LogP contribution < -0.4 is 10.6 Å².